The molecule has 4 rings (SSSR count). The van der Waals surface area contributed by atoms with Crippen LogP contribution in [0.2, 0.25) is 10.0 Å². The van der Waals surface area contributed by atoms with Crippen molar-refractivity contribution in [3.05, 3.63) is 76.3 Å². The highest BCUT2D eigenvalue weighted by Gasteiger charge is 2.27. The summed E-state index contributed by atoms with van der Waals surface area (Å²) >= 11 is 12.1. The van der Waals surface area contributed by atoms with Crippen molar-refractivity contribution < 1.29 is 8.42 Å². The molecule has 0 N–H and O–H groups in total. The van der Waals surface area contributed by atoms with E-state index in [-0.39, 0.29) is 4.90 Å². The van der Waals surface area contributed by atoms with Gasteiger partial charge in [0.05, 0.1) is 27.2 Å². The van der Waals surface area contributed by atoms with E-state index < -0.39 is 10.0 Å². The molecule has 0 fully saturated rings. The van der Waals surface area contributed by atoms with Gasteiger partial charge in [0.25, 0.3) is 10.0 Å². The molecule has 4 nitrogen and oxygen atoms in total. The van der Waals surface area contributed by atoms with Gasteiger partial charge in [-0.05, 0) is 53.4 Å². The summed E-state index contributed by atoms with van der Waals surface area (Å²) in [6, 6.07) is 18.0. The lowest BCUT2D eigenvalue weighted by Gasteiger charge is -2.25. The Morgan fingerprint density at radius 3 is 2.44 bits per heavy atom. The first kappa shape index (κ1) is 18.3. The van der Waals surface area contributed by atoms with Gasteiger partial charge in [-0.15, -0.1) is 0 Å². The van der Waals surface area contributed by atoms with Crippen molar-refractivity contribution in [3.63, 3.8) is 0 Å². The molecule has 138 valence electrons. The number of rotatable bonds is 3. The van der Waals surface area contributed by atoms with Gasteiger partial charge < -0.3 is 0 Å². The number of nitrogens with zero attached hydrogens (tertiary/aromatic N) is 2. The summed E-state index contributed by atoms with van der Waals surface area (Å²) in [5.74, 6) is 0. The highest BCUT2D eigenvalue weighted by atomic mass is 35.5. The SMILES string of the molecule is O=S(=O)(c1ccc2ccccc2c1)N1CCCC(c2ccc(Cl)c(Cl)c2)=N1. The molecule has 0 atom stereocenters. The first-order chi connectivity index (χ1) is 12.9. The van der Waals surface area contributed by atoms with Crippen molar-refractivity contribution in [2.75, 3.05) is 6.54 Å². The third kappa shape index (κ3) is 3.55. The second-order valence-corrected chi connectivity index (χ2v) is 9.00. The molecule has 0 radical (unpaired) electrons. The Morgan fingerprint density at radius 1 is 0.889 bits per heavy atom. The molecule has 3 aromatic rings. The summed E-state index contributed by atoms with van der Waals surface area (Å²) in [5.41, 5.74) is 1.46. The quantitative estimate of drug-likeness (QED) is 0.576. The van der Waals surface area contributed by atoms with Crippen molar-refractivity contribution in [2.24, 2.45) is 5.10 Å². The molecule has 0 bridgehead atoms. The summed E-state index contributed by atoms with van der Waals surface area (Å²) in [4.78, 5) is 0.236. The van der Waals surface area contributed by atoms with Crippen LogP contribution in [0.15, 0.2) is 70.7 Å². The number of hydrazone groups is 1. The van der Waals surface area contributed by atoms with Gasteiger partial charge in [-0.25, -0.2) is 0 Å². The third-order valence-electron chi connectivity index (χ3n) is 4.54. The number of sulfonamides is 1. The average molecular weight is 419 g/mol. The van der Waals surface area contributed by atoms with Crippen molar-refractivity contribution in [1.29, 1.82) is 0 Å². The van der Waals surface area contributed by atoms with Crippen LogP contribution in [0.25, 0.3) is 10.8 Å². The molecule has 0 unspecified atom stereocenters. The maximum atomic E-state index is 13.1. The van der Waals surface area contributed by atoms with E-state index >= 15 is 0 Å². The van der Waals surface area contributed by atoms with Crippen LogP contribution >= 0.6 is 23.2 Å². The minimum Gasteiger partial charge on any atom is -0.200 e. The van der Waals surface area contributed by atoms with Gasteiger partial charge in [0, 0.05) is 0 Å². The fourth-order valence-electron chi connectivity index (χ4n) is 3.12. The number of benzene rings is 3. The van der Waals surface area contributed by atoms with Crippen LogP contribution < -0.4 is 0 Å². The fraction of sp³-hybridized carbons (Fsp3) is 0.150. The van der Waals surface area contributed by atoms with Crippen LogP contribution in [0.5, 0.6) is 0 Å². The minimum atomic E-state index is -3.73. The van der Waals surface area contributed by atoms with E-state index in [1.54, 1.807) is 30.3 Å². The zero-order valence-electron chi connectivity index (χ0n) is 14.3. The highest BCUT2D eigenvalue weighted by molar-refractivity contribution is 7.89. The van der Waals surface area contributed by atoms with Crippen LogP contribution in [-0.4, -0.2) is 25.1 Å². The fourth-order valence-corrected chi connectivity index (χ4v) is 4.75. The maximum Gasteiger partial charge on any atom is 0.279 e. The smallest absolute Gasteiger partial charge is 0.200 e. The number of halogens is 2. The monoisotopic (exact) mass is 418 g/mol. The van der Waals surface area contributed by atoms with Crippen LogP contribution in [0, 0.1) is 0 Å². The molecule has 3 aromatic carbocycles. The van der Waals surface area contributed by atoms with Gasteiger partial charge >= 0.3 is 0 Å². The van der Waals surface area contributed by atoms with Gasteiger partial charge in [0.1, 0.15) is 0 Å². The number of hydrogen-bond donors (Lipinski definition) is 0. The second kappa shape index (κ2) is 7.15. The molecule has 0 aliphatic carbocycles. The highest BCUT2D eigenvalue weighted by Crippen LogP contribution is 2.27. The predicted molar refractivity (Wildman–Crippen MR) is 110 cm³/mol. The lowest BCUT2D eigenvalue weighted by atomic mass is 10.1. The zero-order valence-corrected chi connectivity index (χ0v) is 16.6. The van der Waals surface area contributed by atoms with Crippen molar-refractivity contribution in [3.8, 4) is 0 Å². The van der Waals surface area contributed by atoms with Crippen molar-refractivity contribution in [2.45, 2.75) is 17.7 Å². The Hall–Kier alpha value is -2.08. The molecule has 1 aliphatic heterocycles. The average Bonchev–Trinajstić information content (AvgIpc) is 2.70. The van der Waals surface area contributed by atoms with Crippen LogP contribution in [0.1, 0.15) is 18.4 Å². The molecule has 0 aromatic heterocycles. The Bertz CT molecular complexity index is 1160. The number of hydrogen-bond acceptors (Lipinski definition) is 3. The molecule has 27 heavy (non-hydrogen) atoms. The van der Waals surface area contributed by atoms with Crippen LogP contribution in [0.4, 0.5) is 0 Å². The van der Waals surface area contributed by atoms with Gasteiger partial charge in [-0.2, -0.15) is 17.9 Å². The molecule has 0 saturated carbocycles. The molecule has 1 heterocycles. The van der Waals surface area contributed by atoms with E-state index in [9.17, 15) is 8.42 Å². The predicted octanol–water partition coefficient (Wildman–Crippen LogP) is 5.34. The van der Waals surface area contributed by atoms with E-state index in [0.29, 0.717) is 35.1 Å². The van der Waals surface area contributed by atoms with E-state index in [4.69, 9.17) is 23.2 Å². The summed E-state index contributed by atoms with van der Waals surface area (Å²) in [7, 11) is -3.73. The van der Waals surface area contributed by atoms with Gasteiger partial charge in [-0.3, -0.25) is 0 Å². The normalized spacial score (nSPS) is 15.0. The zero-order chi connectivity index (χ0) is 19.0. The molecule has 1 aliphatic rings. The van der Waals surface area contributed by atoms with E-state index in [0.717, 1.165) is 16.3 Å². The number of fused-ring (bicyclic) bond motifs is 1. The summed E-state index contributed by atoms with van der Waals surface area (Å²) < 4.78 is 27.4. The Balaban J connectivity index is 1.72. The Labute approximate surface area is 168 Å². The van der Waals surface area contributed by atoms with Gasteiger partial charge in [0.15, 0.2) is 0 Å². The summed E-state index contributed by atoms with van der Waals surface area (Å²) in [5, 5.41) is 7.16. The van der Waals surface area contributed by atoms with Crippen LogP contribution in [0.3, 0.4) is 0 Å². The van der Waals surface area contributed by atoms with Gasteiger partial charge in [-0.1, -0.05) is 59.6 Å². The first-order valence-corrected chi connectivity index (χ1v) is 10.7. The van der Waals surface area contributed by atoms with Crippen LogP contribution in [-0.2, 0) is 10.0 Å². The van der Waals surface area contributed by atoms with E-state index in [2.05, 4.69) is 5.10 Å². The lowest BCUT2D eigenvalue weighted by molar-refractivity contribution is 0.410. The Kier molecular flexibility index (Phi) is 4.84. The standard InChI is InChI=1S/C20H16Cl2N2O2S/c21-18-10-8-16(13-19(18)22)20-6-3-11-24(23-20)27(25,26)17-9-7-14-4-1-2-5-15(14)12-17/h1-2,4-5,7-10,12-13H,3,6,11H2. The second-order valence-electron chi connectivity index (χ2n) is 6.34. The topological polar surface area (TPSA) is 49.7 Å². The van der Waals surface area contributed by atoms with Crippen molar-refractivity contribution >= 4 is 49.7 Å². The van der Waals surface area contributed by atoms with Gasteiger partial charge in [0.2, 0.25) is 0 Å². The summed E-state index contributed by atoms with van der Waals surface area (Å²) in [6.45, 7) is 0.347. The molecular formula is C20H16Cl2N2O2S. The molecule has 0 saturated heterocycles. The molecule has 7 heteroatoms. The Morgan fingerprint density at radius 2 is 1.67 bits per heavy atom. The lowest BCUT2D eigenvalue weighted by Crippen LogP contribution is -2.32. The maximum absolute atomic E-state index is 13.1. The minimum absolute atomic E-state index is 0.236. The van der Waals surface area contributed by atoms with E-state index in [1.165, 1.54) is 4.41 Å². The first-order valence-electron chi connectivity index (χ1n) is 8.49. The third-order valence-corrected chi connectivity index (χ3v) is 6.95. The summed E-state index contributed by atoms with van der Waals surface area (Å²) in [6.07, 6.45) is 1.37. The van der Waals surface area contributed by atoms with E-state index in [1.807, 2.05) is 30.3 Å². The molecule has 0 amide bonds. The molecular weight excluding hydrogens is 403 g/mol. The largest absolute Gasteiger partial charge is 0.279 e. The molecule has 0 spiro atoms. The van der Waals surface area contributed by atoms with Crippen molar-refractivity contribution in [1.82, 2.24) is 4.41 Å².